The highest BCUT2D eigenvalue weighted by Crippen LogP contribution is 2.19. The number of fused-ring (bicyclic) bond motifs is 1. The topological polar surface area (TPSA) is 52.8 Å². The maximum atomic E-state index is 5.90. The van der Waals surface area contributed by atoms with Crippen LogP contribution in [0.3, 0.4) is 0 Å². The fourth-order valence-corrected chi connectivity index (χ4v) is 2.49. The zero-order valence-electron chi connectivity index (χ0n) is 15.5. The fourth-order valence-electron chi connectivity index (χ4n) is 2.49. The van der Waals surface area contributed by atoms with Crippen LogP contribution in [0.4, 0.5) is 0 Å². The summed E-state index contributed by atoms with van der Waals surface area (Å²) >= 11 is 0. The van der Waals surface area contributed by atoms with E-state index in [0.29, 0.717) is 6.54 Å². The summed E-state index contributed by atoms with van der Waals surface area (Å²) < 4.78 is 5.90. The standard InChI is InChI=1S/C19H30N4O/c1-6-20-18(21-11-12-22-19(2,3)4)23(5)14-16-13-15-9-7-8-10-17(15)24-16/h7-10,13,22H,6,11-12,14H2,1-5H3,(H,20,21). The summed E-state index contributed by atoms with van der Waals surface area (Å²) in [7, 11) is 2.03. The van der Waals surface area contributed by atoms with Gasteiger partial charge < -0.3 is 20.0 Å². The minimum Gasteiger partial charge on any atom is -0.459 e. The third-order valence-corrected chi connectivity index (χ3v) is 3.59. The summed E-state index contributed by atoms with van der Waals surface area (Å²) in [6.45, 7) is 11.7. The van der Waals surface area contributed by atoms with Gasteiger partial charge in [-0.2, -0.15) is 0 Å². The highest BCUT2D eigenvalue weighted by atomic mass is 16.3. The van der Waals surface area contributed by atoms with Crippen molar-refractivity contribution in [3.8, 4) is 0 Å². The zero-order chi connectivity index (χ0) is 17.6. The summed E-state index contributed by atoms with van der Waals surface area (Å²) in [5.41, 5.74) is 1.05. The van der Waals surface area contributed by atoms with Crippen molar-refractivity contribution < 1.29 is 4.42 Å². The normalized spacial score (nSPS) is 12.6. The smallest absolute Gasteiger partial charge is 0.194 e. The lowest BCUT2D eigenvalue weighted by molar-refractivity contribution is 0.409. The lowest BCUT2D eigenvalue weighted by Crippen LogP contribution is -2.40. The molecular formula is C19H30N4O. The second kappa shape index (κ2) is 8.20. The predicted octanol–water partition coefficient (Wildman–Crippen LogP) is 3.22. The number of rotatable bonds is 6. The van der Waals surface area contributed by atoms with Crippen LogP contribution in [0.25, 0.3) is 11.0 Å². The molecule has 0 spiro atoms. The Morgan fingerprint density at radius 3 is 2.67 bits per heavy atom. The van der Waals surface area contributed by atoms with Crippen LogP contribution in [0.15, 0.2) is 39.7 Å². The number of hydrogen-bond acceptors (Lipinski definition) is 3. The van der Waals surface area contributed by atoms with Gasteiger partial charge in [0.1, 0.15) is 11.3 Å². The predicted molar refractivity (Wildman–Crippen MR) is 101 cm³/mol. The SMILES string of the molecule is CCNC(=NCCNC(C)(C)C)N(C)Cc1cc2ccccc2o1. The molecule has 24 heavy (non-hydrogen) atoms. The Kier molecular flexibility index (Phi) is 6.26. The summed E-state index contributed by atoms with van der Waals surface area (Å²) in [6, 6.07) is 10.2. The summed E-state index contributed by atoms with van der Waals surface area (Å²) in [4.78, 5) is 6.79. The molecule has 1 aromatic carbocycles. The molecule has 132 valence electrons. The van der Waals surface area contributed by atoms with Crippen LogP contribution in [0.5, 0.6) is 0 Å². The van der Waals surface area contributed by atoms with Gasteiger partial charge in [0.2, 0.25) is 0 Å². The molecule has 5 heteroatoms. The minimum atomic E-state index is 0.119. The largest absolute Gasteiger partial charge is 0.459 e. The third-order valence-electron chi connectivity index (χ3n) is 3.59. The first-order valence-electron chi connectivity index (χ1n) is 8.61. The van der Waals surface area contributed by atoms with Gasteiger partial charge in [-0.15, -0.1) is 0 Å². The Hall–Kier alpha value is -2.01. The molecule has 0 radical (unpaired) electrons. The number of hydrogen-bond donors (Lipinski definition) is 2. The van der Waals surface area contributed by atoms with E-state index in [2.05, 4.69) is 55.4 Å². The number of guanidine groups is 1. The van der Waals surface area contributed by atoms with Gasteiger partial charge in [0.25, 0.3) is 0 Å². The Morgan fingerprint density at radius 2 is 2.00 bits per heavy atom. The van der Waals surface area contributed by atoms with Crippen LogP contribution in [0, 0.1) is 0 Å². The first-order chi connectivity index (χ1) is 11.4. The van der Waals surface area contributed by atoms with Crippen molar-refractivity contribution in [2.24, 2.45) is 4.99 Å². The minimum absolute atomic E-state index is 0.119. The third kappa shape index (κ3) is 5.57. The monoisotopic (exact) mass is 330 g/mol. The maximum Gasteiger partial charge on any atom is 0.194 e. The van der Waals surface area contributed by atoms with Crippen molar-refractivity contribution >= 4 is 16.9 Å². The van der Waals surface area contributed by atoms with Gasteiger partial charge in [0, 0.05) is 31.1 Å². The van der Waals surface area contributed by atoms with E-state index in [1.807, 2.05) is 25.2 Å². The molecule has 1 heterocycles. The highest BCUT2D eigenvalue weighted by molar-refractivity contribution is 5.80. The van der Waals surface area contributed by atoms with Crippen LogP contribution in [0.2, 0.25) is 0 Å². The number of furan rings is 1. The molecule has 0 aliphatic rings. The molecule has 0 fully saturated rings. The van der Waals surface area contributed by atoms with Crippen molar-refractivity contribution in [2.75, 3.05) is 26.7 Å². The van der Waals surface area contributed by atoms with Crippen molar-refractivity contribution in [3.05, 3.63) is 36.1 Å². The summed E-state index contributed by atoms with van der Waals surface area (Å²) in [6.07, 6.45) is 0. The quantitative estimate of drug-likeness (QED) is 0.485. The molecule has 0 bridgehead atoms. The van der Waals surface area contributed by atoms with Gasteiger partial charge in [-0.1, -0.05) is 18.2 Å². The number of nitrogens with zero attached hydrogens (tertiary/aromatic N) is 2. The first-order valence-corrected chi connectivity index (χ1v) is 8.61. The fraction of sp³-hybridized carbons (Fsp3) is 0.526. The number of aliphatic imine (C=N–C) groups is 1. The van der Waals surface area contributed by atoms with Gasteiger partial charge in [-0.3, -0.25) is 4.99 Å². The molecule has 0 aliphatic carbocycles. The molecule has 1 aromatic heterocycles. The second-order valence-electron chi connectivity index (χ2n) is 7.02. The molecule has 2 N–H and O–H groups in total. The van der Waals surface area contributed by atoms with Crippen LogP contribution >= 0.6 is 0 Å². The van der Waals surface area contributed by atoms with Crippen molar-refractivity contribution in [2.45, 2.75) is 39.8 Å². The van der Waals surface area contributed by atoms with Crippen LogP contribution in [-0.4, -0.2) is 43.1 Å². The first kappa shape index (κ1) is 18.3. The van der Waals surface area contributed by atoms with Gasteiger partial charge in [0.05, 0.1) is 13.1 Å². The van der Waals surface area contributed by atoms with E-state index >= 15 is 0 Å². The van der Waals surface area contributed by atoms with Crippen molar-refractivity contribution in [3.63, 3.8) is 0 Å². The molecule has 0 amide bonds. The van der Waals surface area contributed by atoms with Crippen LogP contribution in [-0.2, 0) is 6.54 Å². The average molecular weight is 330 g/mol. The summed E-state index contributed by atoms with van der Waals surface area (Å²) in [5, 5.41) is 7.93. The van der Waals surface area contributed by atoms with E-state index < -0.39 is 0 Å². The van der Waals surface area contributed by atoms with E-state index in [1.54, 1.807) is 0 Å². The number of benzene rings is 1. The number of para-hydroxylation sites is 1. The molecule has 2 aromatic rings. The van der Waals surface area contributed by atoms with Gasteiger partial charge >= 0.3 is 0 Å². The Balaban J connectivity index is 1.98. The Bertz CT molecular complexity index is 636. The second-order valence-corrected chi connectivity index (χ2v) is 7.02. The van der Waals surface area contributed by atoms with E-state index in [4.69, 9.17) is 9.41 Å². The molecule has 0 saturated carbocycles. The van der Waals surface area contributed by atoms with Crippen LogP contribution < -0.4 is 10.6 Å². The van der Waals surface area contributed by atoms with Gasteiger partial charge in [-0.05, 0) is 39.8 Å². The molecular weight excluding hydrogens is 300 g/mol. The lowest BCUT2D eigenvalue weighted by atomic mass is 10.1. The molecule has 5 nitrogen and oxygen atoms in total. The highest BCUT2D eigenvalue weighted by Gasteiger charge is 2.11. The Labute approximate surface area is 145 Å². The maximum absolute atomic E-state index is 5.90. The summed E-state index contributed by atoms with van der Waals surface area (Å²) in [5.74, 6) is 1.84. The van der Waals surface area contributed by atoms with Gasteiger partial charge in [-0.25, -0.2) is 0 Å². The van der Waals surface area contributed by atoms with Crippen molar-refractivity contribution in [1.29, 1.82) is 0 Å². The average Bonchev–Trinajstić information content (AvgIpc) is 2.91. The molecule has 0 aliphatic heterocycles. The molecule has 2 rings (SSSR count). The van der Waals surface area contributed by atoms with Gasteiger partial charge in [0.15, 0.2) is 5.96 Å². The van der Waals surface area contributed by atoms with E-state index in [0.717, 1.165) is 42.3 Å². The van der Waals surface area contributed by atoms with E-state index in [1.165, 1.54) is 0 Å². The van der Waals surface area contributed by atoms with E-state index in [9.17, 15) is 0 Å². The molecule has 0 unspecified atom stereocenters. The molecule has 0 atom stereocenters. The van der Waals surface area contributed by atoms with E-state index in [-0.39, 0.29) is 5.54 Å². The lowest BCUT2D eigenvalue weighted by Gasteiger charge is -2.22. The number of nitrogens with one attached hydrogen (secondary N) is 2. The van der Waals surface area contributed by atoms with Crippen LogP contribution in [0.1, 0.15) is 33.5 Å². The Morgan fingerprint density at radius 1 is 1.25 bits per heavy atom. The van der Waals surface area contributed by atoms with Crippen molar-refractivity contribution in [1.82, 2.24) is 15.5 Å². The zero-order valence-corrected chi connectivity index (χ0v) is 15.5. The molecule has 0 saturated heterocycles.